The molecular formula is C8H11N3O2. The van der Waals surface area contributed by atoms with Crippen molar-refractivity contribution >= 4 is 5.97 Å². The predicted octanol–water partition coefficient (Wildman–Crippen LogP) is -0.129. The summed E-state index contributed by atoms with van der Waals surface area (Å²) in [4.78, 5) is 10.6. The first kappa shape index (κ1) is 8.25. The Hall–Kier alpha value is -1.36. The van der Waals surface area contributed by atoms with Crippen LogP contribution < -0.4 is 5.32 Å². The van der Waals surface area contributed by atoms with E-state index in [1.54, 1.807) is 10.9 Å². The molecule has 2 heterocycles. The lowest BCUT2D eigenvalue weighted by Crippen LogP contribution is -2.29. The van der Waals surface area contributed by atoms with Crippen LogP contribution in [0.3, 0.4) is 0 Å². The largest absolute Gasteiger partial charge is 0.480 e. The van der Waals surface area contributed by atoms with E-state index in [4.69, 9.17) is 5.11 Å². The van der Waals surface area contributed by atoms with Gasteiger partial charge in [-0.25, -0.2) is 0 Å². The van der Waals surface area contributed by atoms with E-state index >= 15 is 0 Å². The van der Waals surface area contributed by atoms with E-state index in [1.807, 2.05) is 12.3 Å². The summed E-state index contributed by atoms with van der Waals surface area (Å²) in [5.41, 5.74) is 0. The van der Waals surface area contributed by atoms with Crippen molar-refractivity contribution in [2.75, 3.05) is 6.54 Å². The summed E-state index contributed by atoms with van der Waals surface area (Å²) in [6.45, 7) is 0.679. The maximum Gasteiger partial charge on any atom is 0.320 e. The van der Waals surface area contributed by atoms with Gasteiger partial charge >= 0.3 is 5.97 Å². The first-order chi connectivity index (χ1) is 6.27. The number of carbonyl (C=O) groups is 1. The summed E-state index contributed by atoms with van der Waals surface area (Å²) in [5.74, 6) is -0.783. The lowest BCUT2D eigenvalue weighted by atomic mass is 10.2. The van der Waals surface area contributed by atoms with E-state index in [0.29, 0.717) is 13.0 Å². The molecule has 1 aliphatic heterocycles. The highest BCUT2D eigenvalue weighted by molar-refractivity contribution is 5.73. The summed E-state index contributed by atoms with van der Waals surface area (Å²) >= 11 is 0. The van der Waals surface area contributed by atoms with Crippen LogP contribution in [0.2, 0.25) is 0 Å². The minimum Gasteiger partial charge on any atom is -0.480 e. The van der Waals surface area contributed by atoms with Gasteiger partial charge in [-0.1, -0.05) is 0 Å². The van der Waals surface area contributed by atoms with Gasteiger partial charge in [-0.15, -0.1) is 0 Å². The molecule has 1 fully saturated rings. The van der Waals surface area contributed by atoms with Crippen LogP contribution >= 0.6 is 0 Å². The topological polar surface area (TPSA) is 67.1 Å². The second kappa shape index (κ2) is 3.18. The van der Waals surface area contributed by atoms with Crippen LogP contribution in [0, 0.1) is 0 Å². The maximum atomic E-state index is 10.6. The third-order valence-electron chi connectivity index (χ3n) is 2.30. The first-order valence-electron chi connectivity index (χ1n) is 4.22. The molecule has 0 radical (unpaired) electrons. The molecule has 1 saturated heterocycles. The number of nitrogens with one attached hydrogen (secondary N) is 1. The van der Waals surface area contributed by atoms with Gasteiger partial charge in [0.1, 0.15) is 6.04 Å². The van der Waals surface area contributed by atoms with E-state index < -0.39 is 12.0 Å². The normalized spacial score (nSPS) is 27.7. The highest BCUT2D eigenvalue weighted by atomic mass is 16.4. The van der Waals surface area contributed by atoms with Crippen molar-refractivity contribution in [2.24, 2.45) is 0 Å². The van der Waals surface area contributed by atoms with Crippen molar-refractivity contribution in [3.63, 3.8) is 0 Å². The number of aromatic nitrogens is 2. The average molecular weight is 181 g/mol. The van der Waals surface area contributed by atoms with Crippen LogP contribution in [-0.4, -0.2) is 33.4 Å². The second-order valence-electron chi connectivity index (χ2n) is 3.17. The Balaban J connectivity index is 2.03. The average Bonchev–Trinajstić information content (AvgIpc) is 2.75. The molecule has 2 rings (SSSR count). The van der Waals surface area contributed by atoms with E-state index in [2.05, 4.69) is 10.4 Å². The molecule has 0 saturated carbocycles. The minimum atomic E-state index is -0.783. The molecular weight excluding hydrogens is 170 g/mol. The standard InChI is InChI=1S/C8H11N3O2/c12-8(13)7-4-6(5-9-7)11-3-1-2-10-11/h1-3,6-7,9H,4-5H2,(H,12,13)/t6?,7-/m0/s1. The van der Waals surface area contributed by atoms with Gasteiger partial charge in [0.15, 0.2) is 0 Å². The molecule has 0 spiro atoms. The predicted molar refractivity (Wildman–Crippen MR) is 45.3 cm³/mol. The number of hydrogen-bond donors (Lipinski definition) is 2. The van der Waals surface area contributed by atoms with Gasteiger partial charge in [-0.3, -0.25) is 9.48 Å². The van der Waals surface area contributed by atoms with Crippen LogP contribution in [0.4, 0.5) is 0 Å². The molecule has 2 atom stereocenters. The molecule has 0 aromatic carbocycles. The fourth-order valence-electron chi connectivity index (χ4n) is 1.60. The Bertz CT molecular complexity index is 296. The van der Waals surface area contributed by atoms with Gasteiger partial charge in [0, 0.05) is 18.9 Å². The third kappa shape index (κ3) is 1.55. The van der Waals surface area contributed by atoms with Gasteiger partial charge < -0.3 is 10.4 Å². The monoisotopic (exact) mass is 181 g/mol. The molecule has 13 heavy (non-hydrogen) atoms. The van der Waals surface area contributed by atoms with Gasteiger partial charge in [-0.2, -0.15) is 5.10 Å². The maximum absolute atomic E-state index is 10.6. The molecule has 2 N–H and O–H groups in total. The summed E-state index contributed by atoms with van der Waals surface area (Å²) in [5, 5.41) is 15.7. The van der Waals surface area contributed by atoms with Crippen molar-refractivity contribution in [1.82, 2.24) is 15.1 Å². The fraction of sp³-hybridized carbons (Fsp3) is 0.500. The van der Waals surface area contributed by atoms with Crippen LogP contribution in [0.5, 0.6) is 0 Å². The highest BCUT2D eigenvalue weighted by Crippen LogP contribution is 2.18. The fourth-order valence-corrected chi connectivity index (χ4v) is 1.60. The van der Waals surface area contributed by atoms with Crippen molar-refractivity contribution in [3.05, 3.63) is 18.5 Å². The van der Waals surface area contributed by atoms with Crippen molar-refractivity contribution in [1.29, 1.82) is 0 Å². The number of hydrogen-bond acceptors (Lipinski definition) is 3. The molecule has 1 aromatic rings. The van der Waals surface area contributed by atoms with Gasteiger partial charge in [0.2, 0.25) is 0 Å². The van der Waals surface area contributed by atoms with E-state index in [9.17, 15) is 4.79 Å². The van der Waals surface area contributed by atoms with Crippen molar-refractivity contribution < 1.29 is 9.90 Å². The Labute approximate surface area is 75.4 Å². The summed E-state index contributed by atoms with van der Waals surface area (Å²) in [7, 11) is 0. The summed E-state index contributed by atoms with van der Waals surface area (Å²) < 4.78 is 1.80. The van der Waals surface area contributed by atoms with Crippen molar-refractivity contribution in [2.45, 2.75) is 18.5 Å². The summed E-state index contributed by atoms with van der Waals surface area (Å²) in [6.07, 6.45) is 4.17. The second-order valence-corrected chi connectivity index (χ2v) is 3.17. The van der Waals surface area contributed by atoms with Crippen LogP contribution in [0.25, 0.3) is 0 Å². The molecule has 5 heteroatoms. The summed E-state index contributed by atoms with van der Waals surface area (Å²) in [6, 6.07) is 1.60. The molecule has 1 aromatic heterocycles. The number of carboxylic acid groups (broad SMARTS) is 1. The van der Waals surface area contributed by atoms with Gasteiger partial charge in [-0.05, 0) is 12.5 Å². The number of rotatable bonds is 2. The zero-order valence-electron chi connectivity index (χ0n) is 7.05. The van der Waals surface area contributed by atoms with E-state index in [1.165, 1.54) is 0 Å². The Morgan fingerprint density at radius 3 is 3.08 bits per heavy atom. The Morgan fingerprint density at radius 1 is 1.69 bits per heavy atom. The van der Waals surface area contributed by atoms with Gasteiger partial charge in [0.05, 0.1) is 6.04 Å². The Kier molecular flexibility index (Phi) is 2.02. The lowest BCUT2D eigenvalue weighted by Gasteiger charge is -2.07. The molecule has 0 bridgehead atoms. The zero-order valence-corrected chi connectivity index (χ0v) is 7.05. The Morgan fingerprint density at radius 2 is 2.54 bits per heavy atom. The van der Waals surface area contributed by atoms with E-state index in [0.717, 1.165) is 0 Å². The van der Waals surface area contributed by atoms with Gasteiger partial charge in [0.25, 0.3) is 0 Å². The highest BCUT2D eigenvalue weighted by Gasteiger charge is 2.30. The van der Waals surface area contributed by atoms with Crippen molar-refractivity contribution in [3.8, 4) is 0 Å². The van der Waals surface area contributed by atoms with Crippen LogP contribution in [0.1, 0.15) is 12.5 Å². The SMILES string of the molecule is O=C(O)[C@@H]1CC(n2cccn2)CN1. The molecule has 0 aliphatic carbocycles. The van der Waals surface area contributed by atoms with Crippen LogP contribution in [0.15, 0.2) is 18.5 Å². The minimum absolute atomic E-state index is 0.177. The number of nitrogens with zero attached hydrogens (tertiary/aromatic N) is 2. The molecule has 0 amide bonds. The lowest BCUT2D eigenvalue weighted by molar-refractivity contribution is -0.139. The first-order valence-corrected chi connectivity index (χ1v) is 4.22. The van der Waals surface area contributed by atoms with E-state index in [-0.39, 0.29) is 6.04 Å². The molecule has 70 valence electrons. The zero-order chi connectivity index (χ0) is 9.26. The third-order valence-corrected chi connectivity index (χ3v) is 2.30. The quantitative estimate of drug-likeness (QED) is 0.667. The molecule has 1 aliphatic rings. The molecule has 5 nitrogen and oxygen atoms in total. The number of carboxylic acids is 1. The van der Waals surface area contributed by atoms with Crippen LogP contribution in [-0.2, 0) is 4.79 Å². The number of aliphatic carboxylic acids is 1. The smallest absolute Gasteiger partial charge is 0.320 e. The molecule has 1 unspecified atom stereocenters.